The maximum Gasteiger partial charge on any atom is 0.490 e. The molecule has 2 aliphatic rings. The predicted octanol–water partition coefficient (Wildman–Crippen LogP) is 3.74. The van der Waals surface area contributed by atoms with E-state index in [9.17, 15) is 49.7 Å². The summed E-state index contributed by atoms with van der Waals surface area (Å²) < 4.78 is 103. The van der Waals surface area contributed by atoms with Gasteiger partial charge in [0.05, 0.1) is 12.9 Å². The van der Waals surface area contributed by atoms with Crippen molar-refractivity contribution in [1.82, 2.24) is 45.0 Å². The molecule has 7 rings (SSSR count). The van der Waals surface area contributed by atoms with Crippen molar-refractivity contribution in [3.05, 3.63) is 83.9 Å². The predicted molar refractivity (Wildman–Crippen MR) is 203 cm³/mol. The van der Waals surface area contributed by atoms with Crippen LogP contribution in [0.2, 0.25) is 0 Å². The van der Waals surface area contributed by atoms with Gasteiger partial charge < -0.3 is 46.2 Å². The van der Waals surface area contributed by atoms with E-state index in [1.54, 1.807) is 10.9 Å². The van der Waals surface area contributed by atoms with Crippen LogP contribution in [0.5, 0.6) is 0 Å². The molecule has 2 saturated heterocycles. The summed E-state index contributed by atoms with van der Waals surface area (Å²) in [5, 5.41) is 66.0. The molecule has 5 atom stereocenters. The summed E-state index contributed by atoms with van der Waals surface area (Å²) in [7, 11) is 0. The number of nitrogens with one attached hydrogen (secondary N) is 3. The first-order valence-electron chi connectivity index (χ1n) is 18.7. The third-order valence-corrected chi connectivity index (χ3v) is 8.94. The molecule has 29 heteroatoms. The molecule has 2 aromatic carbocycles. The number of benzene rings is 2. The number of aromatic nitrogens is 8. The van der Waals surface area contributed by atoms with E-state index >= 15 is 0 Å². The molecular formula is C36H38F9N11O9. The van der Waals surface area contributed by atoms with Gasteiger partial charge in [0.1, 0.15) is 12.2 Å². The van der Waals surface area contributed by atoms with Crippen molar-refractivity contribution in [2.24, 2.45) is 0 Å². The van der Waals surface area contributed by atoms with Crippen LogP contribution in [0.1, 0.15) is 48.5 Å². The zero-order valence-electron chi connectivity index (χ0n) is 33.2. The number of aliphatic hydroxyl groups excluding tert-OH is 2. The fourth-order valence-corrected chi connectivity index (χ4v) is 5.85. The summed E-state index contributed by atoms with van der Waals surface area (Å²) in [5.41, 5.74) is 3.32. The fourth-order valence-electron chi connectivity index (χ4n) is 5.85. The number of tetrazole rings is 1. The van der Waals surface area contributed by atoms with Crippen molar-refractivity contribution in [3.63, 3.8) is 0 Å². The van der Waals surface area contributed by atoms with E-state index in [0.29, 0.717) is 36.0 Å². The number of carboxylic acids is 3. The Morgan fingerprint density at radius 3 is 1.80 bits per heavy atom. The normalized spacial score (nSPS) is 19.6. The molecule has 0 amide bonds. The SMILES string of the molecule is CCn1nnc([C@H]2O[C@@H](n3cnc4c(NCC(c5ccccc5)c5ccccc5)nc(NC5CCNC5)nc43)[C@H](O)[C@@H]2O)n1.O=C(O)C(F)(F)F.O=C(O)C(F)(F)F.O=C(O)C(F)(F)F. The minimum Gasteiger partial charge on any atom is -0.475 e. The lowest BCUT2D eigenvalue weighted by atomic mass is 9.91. The first-order chi connectivity index (χ1) is 30.4. The summed E-state index contributed by atoms with van der Waals surface area (Å²) in [6.07, 6.45) is -17.3. The van der Waals surface area contributed by atoms with Gasteiger partial charge in [-0.05, 0) is 36.2 Å². The number of alkyl halides is 9. The van der Waals surface area contributed by atoms with E-state index < -0.39 is 61.0 Å². The maximum absolute atomic E-state index is 11.1. The number of halogens is 9. The molecule has 1 unspecified atom stereocenters. The summed E-state index contributed by atoms with van der Waals surface area (Å²) in [6.45, 7) is 4.67. The van der Waals surface area contributed by atoms with E-state index in [-0.39, 0.29) is 17.8 Å². The van der Waals surface area contributed by atoms with Crippen LogP contribution in [0.15, 0.2) is 67.0 Å². The number of aliphatic carboxylic acids is 3. The van der Waals surface area contributed by atoms with Crippen molar-refractivity contribution in [3.8, 4) is 0 Å². The second-order valence-corrected chi connectivity index (χ2v) is 13.5. The third-order valence-electron chi connectivity index (χ3n) is 8.94. The largest absolute Gasteiger partial charge is 0.490 e. The smallest absolute Gasteiger partial charge is 0.475 e. The monoisotopic (exact) mass is 939 g/mol. The quantitative estimate of drug-likeness (QED) is 0.0926. The average molecular weight is 940 g/mol. The van der Waals surface area contributed by atoms with Gasteiger partial charge in [0, 0.05) is 25.0 Å². The number of anilines is 2. The first-order valence-corrected chi connectivity index (χ1v) is 18.7. The molecule has 0 saturated carbocycles. The average Bonchev–Trinajstić information content (AvgIpc) is 4.07. The highest BCUT2D eigenvalue weighted by molar-refractivity contribution is 5.84. The number of ether oxygens (including phenoxy) is 1. The van der Waals surface area contributed by atoms with Crippen LogP contribution in [-0.4, -0.2) is 140 Å². The number of rotatable bonds is 10. The Labute approximate surface area is 359 Å². The minimum absolute atomic E-state index is 0.0554. The maximum atomic E-state index is 11.1. The second-order valence-electron chi connectivity index (χ2n) is 13.5. The van der Waals surface area contributed by atoms with E-state index in [1.807, 2.05) is 43.3 Å². The molecule has 2 fully saturated rings. The van der Waals surface area contributed by atoms with E-state index in [2.05, 4.69) is 60.6 Å². The van der Waals surface area contributed by atoms with Crippen LogP contribution in [-0.2, 0) is 25.7 Å². The van der Waals surface area contributed by atoms with Crippen LogP contribution < -0.4 is 16.0 Å². The Bertz CT molecular complexity index is 2230. The number of fused-ring (bicyclic) bond motifs is 1. The van der Waals surface area contributed by atoms with Crippen LogP contribution in [0.4, 0.5) is 51.3 Å². The van der Waals surface area contributed by atoms with Crippen molar-refractivity contribution in [2.75, 3.05) is 30.3 Å². The van der Waals surface area contributed by atoms with Crippen molar-refractivity contribution < 1.29 is 84.2 Å². The number of carbonyl (C=O) groups is 3. The number of nitrogens with zero attached hydrogens (tertiary/aromatic N) is 8. The van der Waals surface area contributed by atoms with Gasteiger partial charge in [-0.3, -0.25) is 4.57 Å². The number of carboxylic acid groups (broad SMARTS) is 3. The molecule has 0 radical (unpaired) electrons. The van der Waals surface area contributed by atoms with Crippen LogP contribution in [0, 0.1) is 0 Å². The number of imidazole rings is 1. The van der Waals surface area contributed by atoms with Gasteiger partial charge in [0.15, 0.2) is 29.3 Å². The molecule has 354 valence electrons. The number of aryl methyl sites for hydroxylation is 1. The number of hydrogen-bond acceptors (Lipinski definition) is 15. The number of hydrogen-bond donors (Lipinski definition) is 8. The van der Waals surface area contributed by atoms with Gasteiger partial charge in [-0.15, -0.1) is 10.2 Å². The summed E-state index contributed by atoms with van der Waals surface area (Å²) in [4.78, 5) is 42.4. The zero-order chi connectivity index (χ0) is 48.3. The topological polar surface area (TPSA) is 285 Å². The molecule has 20 nitrogen and oxygen atoms in total. The van der Waals surface area contributed by atoms with Gasteiger partial charge in [-0.25, -0.2) is 19.4 Å². The van der Waals surface area contributed by atoms with Gasteiger partial charge in [-0.1, -0.05) is 60.7 Å². The van der Waals surface area contributed by atoms with Crippen molar-refractivity contribution >= 4 is 40.8 Å². The van der Waals surface area contributed by atoms with Crippen molar-refractivity contribution in [1.29, 1.82) is 0 Å². The van der Waals surface area contributed by atoms with E-state index in [4.69, 9.17) is 44.4 Å². The van der Waals surface area contributed by atoms with Gasteiger partial charge >= 0.3 is 36.4 Å². The summed E-state index contributed by atoms with van der Waals surface area (Å²) in [5.74, 6) is -7.03. The lowest BCUT2D eigenvalue weighted by molar-refractivity contribution is -0.193. The third kappa shape index (κ3) is 14.1. The molecule has 0 bridgehead atoms. The molecule has 2 aliphatic heterocycles. The molecule has 5 aromatic rings. The fraction of sp³-hybridized carbons (Fsp3) is 0.417. The van der Waals surface area contributed by atoms with E-state index in [0.717, 1.165) is 19.5 Å². The Kier molecular flexibility index (Phi) is 17.1. The molecular weight excluding hydrogens is 901 g/mol. The van der Waals surface area contributed by atoms with Crippen molar-refractivity contribution in [2.45, 2.75) is 74.9 Å². The highest BCUT2D eigenvalue weighted by Gasteiger charge is 2.47. The highest BCUT2D eigenvalue weighted by atomic mass is 19.4. The molecule has 0 spiro atoms. The Balaban J connectivity index is 0.000000366. The van der Waals surface area contributed by atoms with Gasteiger partial charge in [0.2, 0.25) is 11.8 Å². The highest BCUT2D eigenvalue weighted by Crippen LogP contribution is 2.39. The van der Waals surface area contributed by atoms with Crippen LogP contribution in [0.25, 0.3) is 11.2 Å². The lowest BCUT2D eigenvalue weighted by Crippen LogP contribution is -2.29. The van der Waals surface area contributed by atoms with Crippen LogP contribution in [0.3, 0.4) is 0 Å². The minimum atomic E-state index is -5.08. The molecule has 65 heavy (non-hydrogen) atoms. The van der Waals surface area contributed by atoms with E-state index in [1.165, 1.54) is 15.9 Å². The standard InChI is InChI=1S/C30H35N11O3.3C2HF3O2/c1-2-41-38-27(37-39-41)25-23(42)24(43)29(44-25)40-17-33-22-26(35-30(36-28(22)40)34-20-13-14-31-15-20)32-16-21(18-9-5-3-6-10-18)19-11-7-4-8-12-19;3*3-2(4,5)1(6)7/h3-12,17,20-21,23-25,29,31,42-43H,2,13-16H2,1H3,(H2,32,34,35,36);3*(H,6,7)/t20?,23-,24+,25-,29+;;;/m0.../s1. The van der Waals surface area contributed by atoms with Crippen LogP contribution >= 0.6 is 0 Å². The Morgan fingerprint density at radius 2 is 1.35 bits per heavy atom. The molecule has 3 aromatic heterocycles. The van der Waals surface area contributed by atoms with Gasteiger partial charge in [0.25, 0.3) is 0 Å². The molecule has 8 N–H and O–H groups in total. The molecule has 0 aliphatic carbocycles. The second kappa shape index (κ2) is 21.8. The molecule has 5 heterocycles. The lowest BCUT2D eigenvalue weighted by Gasteiger charge is -2.20. The van der Waals surface area contributed by atoms with Gasteiger partial charge in [-0.2, -0.15) is 54.3 Å². The summed E-state index contributed by atoms with van der Waals surface area (Å²) >= 11 is 0. The Hall–Kier alpha value is -6.72. The zero-order valence-corrected chi connectivity index (χ0v) is 33.2. The Morgan fingerprint density at radius 1 is 0.831 bits per heavy atom. The number of aliphatic hydroxyl groups is 2. The summed E-state index contributed by atoms with van der Waals surface area (Å²) in [6, 6.07) is 20.9. The first kappa shape index (κ1) is 50.9.